The Balaban J connectivity index is 0.864. The molecule has 0 bridgehead atoms. The van der Waals surface area contributed by atoms with Gasteiger partial charge in [0.25, 0.3) is 11.8 Å². The molecule has 51 heavy (non-hydrogen) atoms. The second-order valence-corrected chi connectivity index (χ2v) is 13.3. The molecule has 0 N–H and O–H groups in total. The molecule has 4 aliphatic rings. The van der Waals surface area contributed by atoms with Crippen molar-refractivity contribution in [1.29, 1.82) is 0 Å². The fraction of sp³-hybridized carbons (Fsp3) is 0.317. The lowest BCUT2D eigenvalue weighted by Crippen LogP contribution is -2.44. The maximum atomic E-state index is 13.7. The van der Waals surface area contributed by atoms with E-state index in [1.165, 1.54) is 22.3 Å². The first-order valence-corrected chi connectivity index (χ1v) is 17.5. The molecule has 0 radical (unpaired) electrons. The largest absolute Gasteiger partial charge is 0.493 e. The Labute approximate surface area is 297 Å². The van der Waals surface area contributed by atoms with Gasteiger partial charge in [-0.1, -0.05) is 48.5 Å². The van der Waals surface area contributed by atoms with Gasteiger partial charge in [0.05, 0.1) is 62.0 Å². The summed E-state index contributed by atoms with van der Waals surface area (Å²) < 4.78 is 23.6. The van der Waals surface area contributed by atoms with Gasteiger partial charge in [-0.15, -0.1) is 0 Å². The first-order valence-electron chi connectivity index (χ1n) is 17.5. The fourth-order valence-corrected chi connectivity index (χ4v) is 7.39. The van der Waals surface area contributed by atoms with Crippen molar-refractivity contribution in [2.75, 3.05) is 27.4 Å². The molecule has 10 heteroatoms. The number of hydrogen-bond donors (Lipinski definition) is 0. The van der Waals surface area contributed by atoms with Crippen LogP contribution >= 0.6 is 0 Å². The van der Waals surface area contributed by atoms with E-state index in [4.69, 9.17) is 28.9 Å². The zero-order valence-corrected chi connectivity index (χ0v) is 28.8. The smallest absolute Gasteiger partial charge is 0.257 e. The molecule has 0 aromatic heterocycles. The molecule has 10 nitrogen and oxygen atoms in total. The van der Waals surface area contributed by atoms with Crippen molar-refractivity contribution in [3.05, 3.63) is 106 Å². The number of fused-ring (bicyclic) bond motifs is 6. The topological polar surface area (TPSA) is 102 Å². The average molecular weight is 685 g/mol. The van der Waals surface area contributed by atoms with Gasteiger partial charge in [-0.3, -0.25) is 19.6 Å². The van der Waals surface area contributed by atoms with Crippen LogP contribution in [0.2, 0.25) is 0 Å². The highest BCUT2D eigenvalue weighted by Crippen LogP contribution is 2.40. The summed E-state index contributed by atoms with van der Waals surface area (Å²) in [5, 5.41) is 0. The second-order valence-electron chi connectivity index (χ2n) is 13.3. The molecular formula is C41H40N4O6. The molecule has 2 atom stereocenters. The van der Waals surface area contributed by atoms with Crippen molar-refractivity contribution >= 4 is 35.6 Å². The van der Waals surface area contributed by atoms with Crippen molar-refractivity contribution < 1.29 is 28.5 Å². The number of rotatable bonds is 10. The SMILES string of the molecule is COc1cc2c(cc1OCCCCCOc1cc3c(cc1OC)C(=O)N1Cc4ccccc4CC1C=N3)N=CC1Cc3ccccc3CN1C2=O. The van der Waals surface area contributed by atoms with E-state index in [1.54, 1.807) is 38.5 Å². The normalized spacial score (nSPS) is 18.3. The van der Waals surface area contributed by atoms with Crippen LogP contribution < -0.4 is 18.9 Å². The van der Waals surface area contributed by atoms with Gasteiger partial charge in [-0.2, -0.15) is 0 Å². The Morgan fingerprint density at radius 3 is 1.45 bits per heavy atom. The molecule has 0 spiro atoms. The number of carbonyl (C=O) groups is 2. The minimum Gasteiger partial charge on any atom is -0.493 e. The standard InChI is InChI=1S/C41H40N4O6/c1-48-36-18-32-34(42-22-30-16-26-10-4-6-12-28(26)24-44(30)40(32)46)20-38(36)50-14-8-3-9-15-51-39-21-35-33(19-37(39)49-2)41(47)45-25-29-13-7-5-11-27(29)17-31(45)23-43-35/h4-7,10-13,18-23,30-31H,3,8-9,14-17,24-25H2,1-2H3. The van der Waals surface area contributed by atoms with E-state index in [1.807, 2.05) is 46.5 Å². The van der Waals surface area contributed by atoms with Crippen molar-refractivity contribution in [1.82, 2.24) is 9.80 Å². The van der Waals surface area contributed by atoms with E-state index in [9.17, 15) is 9.59 Å². The number of nitrogens with zero attached hydrogens (tertiary/aromatic N) is 4. The summed E-state index contributed by atoms with van der Waals surface area (Å²) in [6.45, 7) is 2.04. The van der Waals surface area contributed by atoms with E-state index < -0.39 is 0 Å². The number of aliphatic imine (C=N–C) groups is 2. The number of carbonyl (C=O) groups excluding carboxylic acids is 2. The maximum Gasteiger partial charge on any atom is 0.257 e. The summed E-state index contributed by atoms with van der Waals surface area (Å²) in [7, 11) is 3.16. The number of unbranched alkanes of at least 4 members (excludes halogenated alkanes) is 2. The average Bonchev–Trinajstić information content (AvgIpc) is 3.38. The summed E-state index contributed by atoms with van der Waals surface area (Å²) in [6, 6.07) is 23.4. The van der Waals surface area contributed by atoms with Crippen LogP contribution in [0.4, 0.5) is 11.4 Å². The molecule has 4 heterocycles. The Kier molecular flexibility index (Phi) is 8.90. The van der Waals surface area contributed by atoms with E-state index in [2.05, 4.69) is 24.3 Å². The first kappa shape index (κ1) is 32.6. The summed E-state index contributed by atoms with van der Waals surface area (Å²) in [6.07, 6.45) is 7.68. The van der Waals surface area contributed by atoms with Gasteiger partial charge in [0.15, 0.2) is 23.0 Å². The molecule has 8 rings (SSSR count). The molecule has 0 aliphatic carbocycles. The third-order valence-electron chi connectivity index (χ3n) is 10.2. The minimum atomic E-state index is -0.0980. The van der Waals surface area contributed by atoms with Gasteiger partial charge in [0, 0.05) is 37.7 Å². The Morgan fingerprint density at radius 2 is 1.02 bits per heavy atom. The van der Waals surface area contributed by atoms with E-state index in [0.29, 0.717) is 71.8 Å². The van der Waals surface area contributed by atoms with Gasteiger partial charge in [0.1, 0.15) is 0 Å². The maximum absolute atomic E-state index is 13.7. The molecule has 2 unspecified atom stereocenters. The molecule has 0 saturated carbocycles. The van der Waals surface area contributed by atoms with Crippen LogP contribution in [0.15, 0.2) is 82.8 Å². The number of ether oxygens (including phenoxy) is 4. The molecular weight excluding hydrogens is 644 g/mol. The van der Waals surface area contributed by atoms with E-state index in [-0.39, 0.29) is 23.9 Å². The van der Waals surface area contributed by atoms with Gasteiger partial charge in [-0.05, 0) is 66.5 Å². The van der Waals surface area contributed by atoms with Crippen LogP contribution in [-0.4, -0.2) is 73.6 Å². The lowest BCUT2D eigenvalue weighted by Gasteiger charge is -2.34. The third kappa shape index (κ3) is 6.30. The monoisotopic (exact) mass is 684 g/mol. The van der Waals surface area contributed by atoms with Gasteiger partial charge in [-0.25, -0.2) is 0 Å². The molecule has 260 valence electrons. The quantitative estimate of drug-likeness (QED) is 0.169. The van der Waals surface area contributed by atoms with Crippen LogP contribution in [0.1, 0.15) is 62.2 Å². The van der Waals surface area contributed by atoms with Gasteiger partial charge >= 0.3 is 0 Å². The zero-order valence-electron chi connectivity index (χ0n) is 28.8. The van der Waals surface area contributed by atoms with E-state index in [0.717, 1.165) is 32.1 Å². The molecule has 4 aromatic rings. The number of benzene rings is 4. The Hall–Kier alpha value is -5.64. The third-order valence-corrected chi connectivity index (χ3v) is 10.2. The molecule has 4 aromatic carbocycles. The number of amides is 2. The van der Waals surface area contributed by atoms with Gasteiger partial charge in [0.2, 0.25) is 0 Å². The van der Waals surface area contributed by atoms with Crippen LogP contribution in [0.3, 0.4) is 0 Å². The predicted octanol–water partition coefficient (Wildman–Crippen LogP) is 6.90. The Morgan fingerprint density at radius 1 is 0.588 bits per heavy atom. The van der Waals surface area contributed by atoms with Crippen LogP contribution in [-0.2, 0) is 25.9 Å². The molecule has 4 aliphatic heterocycles. The highest BCUT2D eigenvalue weighted by atomic mass is 16.5. The van der Waals surface area contributed by atoms with Crippen molar-refractivity contribution in [2.24, 2.45) is 9.98 Å². The number of hydrogen-bond acceptors (Lipinski definition) is 8. The summed E-state index contributed by atoms with van der Waals surface area (Å²) in [5.41, 5.74) is 7.04. The predicted molar refractivity (Wildman–Crippen MR) is 195 cm³/mol. The fourth-order valence-electron chi connectivity index (χ4n) is 7.39. The lowest BCUT2D eigenvalue weighted by atomic mass is 9.94. The lowest BCUT2D eigenvalue weighted by molar-refractivity contribution is 0.0696. The zero-order chi connectivity index (χ0) is 34.9. The van der Waals surface area contributed by atoms with Crippen LogP contribution in [0.5, 0.6) is 23.0 Å². The van der Waals surface area contributed by atoms with Crippen molar-refractivity contribution in [2.45, 2.75) is 57.3 Å². The Bertz CT molecular complexity index is 1910. The van der Waals surface area contributed by atoms with Crippen LogP contribution in [0.25, 0.3) is 0 Å². The van der Waals surface area contributed by atoms with Crippen LogP contribution in [0, 0.1) is 0 Å². The number of methoxy groups -OCH3 is 2. The molecule has 0 saturated heterocycles. The molecule has 0 fully saturated rings. The highest BCUT2D eigenvalue weighted by Gasteiger charge is 2.34. The second kappa shape index (κ2) is 13.9. The van der Waals surface area contributed by atoms with Crippen molar-refractivity contribution in [3.8, 4) is 23.0 Å². The highest BCUT2D eigenvalue weighted by molar-refractivity contribution is 6.04. The van der Waals surface area contributed by atoms with Crippen molar-refractivity contribution in [3.63, 3.8) is 0 Å². The molecule has 2 amide bonds. The first-order chi connectivity index (χ1) is 25.0. The summed E-state index contributed by atoms with van der Waals surface area (Å²) in [5.74, 6) is 2.02. The minimum absolute atomic E-state index is 0.0573. The van der Waals surface area contributed by atoms with Gasteiger partial charge < -0.3 is 28.7 Å². The summed E-state index contributed by atoms with van der Waals surface area (Å²) >= 11 is 0. The summed E-state index contributed by atoms with van der Waals surface area (Å²) in [4.78, 5) is 40.5. The van der Waals surface area contributed by atoms with E-state index >= 15 is 0 Å².